The lowest BCUT2D eigenvalue weighted by atomic mass is 9.93. The van der Waals surface area contributed by atoms with E-state index >= 15 is 0 Å². The van der Waals surface area contributed by atoms with Gasteiger partial charge in [0, 0.05) is 19.1 Å². The summed E-state index contributed by atoms with van der Waals surface area (Å²) in [4.78, 5) is 2.36. The van der Waals surface area contributed by atoms with Gasteiger partial charge in [-0.05, 0) is 32.8 Å². The maximum Gasteiger partial charge on any atom is 0.0994 e. The van der Waals surface area contributed by atoms with E-state index in [-0.39, 0.29) is 6.04 Å². The summed E-state index contributed by atoms with van der Waals surface area (Å²) in [6.45, 7) is 8.09. The molecule has 2 rings (SSSR count). The van der Waals surface area contributed by atoms with Gasteiger partial charge in [0.2, 0.25) is 0 Å². The second-order valence-corrected chi connectivity index (χ2v) is 5.59. The Balaban J connectivity index is 2.08. The third-order valence-electron chi connectivity index (χ3n) is 3.84. The van der Waals surface area contributed by atoms with E-state index in [1.54, 1.807) is 0 Å². The smallest absolute Gasteiger partial charge is 0.0994 e. The van der Waals surface area contributed by atoms with Crippen LogP contribution in [0.2, 0.25) is 0 Å². The molecule has 2 unspecified atom stereocenters. The summed E-state index contributed by atoms with van der Waals surface area (Å²) in [6, 6.07) is 10.6. The highest BCUT2D eigenvalue weighted by Gasteiger charge is 2.41. The van der Waals surface area contributed by atoms with Crippen molar-refractivity contribution >= 4 is 0 Å². The van der Waals surface area contributed by atoms with E-state index < -0.39 is 5.60 Å². The van der Waals surface area contributed by atoms with E-state index in [0.29, 0.717) is 0 Å². The van der Waals surface area contributed by atoms with Gasteiger partial charge in [-0.2, -0.15) is 0 Å². The van der Waals surface area contributed by atoms with Crippen LogP contribution in [0.15, 0.2) is 42.0 Å². The molecule has 0 spiro atoms. The Morgan fingerprint density at radius 3 is 2.67 bits per heavy atom. The fourth-order valence-electron chi connectivity index (χ4n) is 2.77. The van der Waals surface area contributed by atoms with Crippen molar-refractivity contribution in [2.45, 2.75) is 45.4 Å². The molecule has 18 heavy (non-hydrogen) atoms. The summed E-state index contributed by atoms with van der Waals surface area (Å²) < 4.78 is 0. The lowest BCUT2D eigenvalue weighted by Gasteiger charge is -2.29. The van der Waals surface area contributed by atoms with Crippen LogP contribution in [0, 0.1) is 0 Å². The highest BCUT2D eigenvalue weighted by Crippen LogP contribution is 2.31. The van der Waals surface area contributed by atoms with Crippen LogP contribution in [-0.4, -0.2) is 28.2 Å². The van der Waals surface area contributed by atoms with Crippen LogP contribution in [0.1, 0.15) is 32.8 Å². The average molecular weight is 245 g/mol. The Morgan fingerprint density at radius 1 is 1.39 bits per heavy atom. The van der Waals surface area contributed by atoms with Crippen molar-refractivity contribution in [2.24, 2.45) is 0 Å². The summed E-state index contributed by atoms with van der Waals surface area (Å²) in [6.07, 6.45) is 2.84. The fourth-order valence-corrected chi connectivity index (χ4v) is 2.77. The van der Waals surface area contributed by atoms with Gasteiger partial charge in [-0.25, -0.2) is 0 Å². The maximum atomic E-state index is 10.7. The quantitative estimate of drug-likeness (QED) is 0.828. The molecule has 0 bridgehead atoms. The summed E-state index contributed by atoms with van der Waals surface area (Å²) in [5.41, 5.74) is 1.84. The Labute approximate surface area is 110 Å². The van der Waals surface area contributed by atoms with Gasteiger partial charge >= 0.3 is 0 Å². The normalized spacial score (nSPS) is 28.3. The van der Waals surface area contributed by atoms with Gasteiger partial charge in [0.1, 0.15) is 0 Å². The number of likely N-dealkylation sites (tertiary alicyclic amines) is 1. The van der Waals surface area contributed by atoms with Crippen LogP contribution >= 0.6 is 0 Å². The molecule has 0 aliphatic carbocycles. The van der Waals surface area contributed by atoms with Crippen LogP contribution in [0.25, 0.3) is 0 Å². The van der Waals surface area contributed by atoms with Crippen LogP contribution in [0.5, 0.6) is 0 Å². The number of hydrogen-bond acceptors (Lipinski definition) is 2. The SMILES string of the molecule is CC(C)=CC1(O)CCN(Cc2ccccc2)C1C. The zero-order valence-electron chi connectivity index (χ0n) is 11.6. The monoisotopic (exact) mass is 245 g/mol. The Bertz CT molecular complexity index is 422. The number of aliphatic hydroxyl groups is 1. The Morgan fingerprint density at radius 2 is 2.06 bits per heavy atom. The van der Waals surface area contributed by atoms with Gasteiger partial charge < -0.3 is 5.11 Å². The molecule has 1 aromatic carbocycles. The van der Waals surface area contributed by atoms with E-state index in [9.17, 15) is 5.11 Å². The standard InChI is InChI=1S/C16H23NO/c1-13(2)11-16(18)9-10-17(14(16)3)12-15-7-5-4-6-8-15/h4-8,11,14,18H,9-10,12H2,1-3H3. The van der Waals surface area contributed by atoms with E-state index in [2.05, 4.69) is 36.1 Å². The highest BCUT2D eigenvalue weighted by molar-refractivity contribution is 5.18. The van der Waals surface area contributed by atoms with Gasteiger partial charge in [-0.1, -0.05) is 42.0 Å². The molecule has 1 fully saturated rings. The van der Waals surface area contributed by atoms with Crippen molar-refractivity contribution in [1.29, 1.82) is 0 Å². The van der Waals surface area contributed by atoms with Crippen LogP contribution in [-0.2, 0) is 6.54 Å². The van der Waals surface area contributed by atoms with Crippen molar-refractivity contribution in [3.63, 3.8) is 0 Å². The molecular formula is C16H23NO. The topological polar surface area (TPSA) is 23.5 Å². The number of nitrogens with zero attached hydrogens (tertiary/aromatic N) is 1. The lowest BCUT2D eigenvalue weighted by Crippen LogP contribution is -2.40. The predicted molar refractivity (Wildman–Crippen MR) is 75.3 cm³/mol. The van der Waals surface area contributed by atoms with Crippen LogP contribution < -0.4 is 0 Å². The molecular weight excluding hydrogens is 222 g/mol. The molecule has 2 atom stereocenters. The van der Waals surface area contributed by atoms with Gasteiger partial charge in [-0.15, -0.1) is 0 Å². The van der Waals surface area contributed by atoms with Gasteiger partial charge in [0.25, 0.3) is 0 Å². The van der Waals surface area contributed by atoms with Crippen molar-refractivity contribution < 1.29 is 5.11 Å². The minimum Gasteiger partial charge on any atom is -0.384 e. The molecule has 1 heterocycles. The van der Waals surface area contributed by atoms with E-state index in [1.807, 2.05) is 26.0 Å². The molecule has 1 N–H and O–H groups in total. The van der Waals surface area contributed by atoms with Crippen molar-refractivity contribution in [1.82, 2.24) is 4.90 Å². The minimum atomic E-state index is -0.659. The summed E-state index contributed by atoms with van der Waals surface area (Å²) in [5, 5.41) is 10.7. The molecule has 1 saturated heterocycles. The van der Waals surface area contributed by atoms with Crippen LogP contribution in [0.4, 0.5) is 0 Å². The number of benzene rings is 1. The molecule has 0 aromatic heterocycles. The minimum absolute atomic E-state index is 0.174. The van der Waals surface area contributed by atoms with Crippen molar-refractivity contribution in [3.8, 4) is 0 Å². The van der Waals surface area contributed by atoms with Crippen LogP contribution in [0.3, 0.4) is 0 Å². The molecule has 1 aliphatic rings. The Kier molecular flexibility index (Phi) is 3.88. The molecule has 0 saturated carbocycles. The molecule has 0 amide bonds. The first-order valence-corrected chi connectivity index (χ1v) is 6.68. The molecule has 1 aliphatic heterocycles. The second-order valence-electron chi connectivity index (χ2n) is 5.59. The fraction of sp³-hybridized carbons (Fsp3) is 0.500. The largest absolute Gasteiger partial charge is 0.384 e. The third-order valence-corrected chi connectivity index (χ3v) is 3.84. The zero-order chi connectivity index (χ0) is 13.2. The first kappa shape index (κ1) is 13.3. The van der Waals surface area contributed by atoms with Crippen molar-refractivity contribution in [3.05, 3.63) is 47.5 Å². The summed E-state index contributed by atoms with van der Waals surface area (Å²) in [7, 11) is 0. The van der Waals surface area contributed by atoms with E-state index in [4.69, 9.17) is 0 Å². The lowest BCUT2D eigenvalue weighted by molar-refractivity contribution is 0.0528. The van der Waals surface area contributed by atoms with E-state index in [0.717, 1.165) is 19.5 Å². The summed E-state index contributed by atoms with van der Waals surface area (Å²) in [5.74, 6) is 0. The van der Waals surface area contributed by atoms with Gasteiger partial charge in [-0.3, -0.25) is 4.90 Å². The molecule has 98 valence electrons. The van der Waals surface area contributed by atoms with E-state index in [1.165, 1.54) is 11.1 Å². The second kappa shape index (κ2) is 5.25. The molecule has 0 radical (unpaired) electrons. The zero-order valence-corrected chi connectivity index (χ0v) is 11.6. The average Bonchev–Trinajstić information content (AvgIpc) is 2.58. The number of allylic oxidation sites excluding steroid dienone is 1. The number of hydrogen-bond donors (Lipinski definition) is 1. The van der Waals surface area contributed by atoms with Gasteiger partial charge in [0.05, 0.1) is 5.60 Å². The molecule has 2 nitrogen and oxygen atoms in total. The maximum absolute atomic E-state index is 10.7. The Hall–Kier alpha value is -1.12. The predicted octanol–water partition coefficient (Wildman–Crippen LogP) is 2.98. The first-order valence-electron chi connectivity index (χ1n) is 6.68. The van der Waals surface area contributed by atoms with Crippen molar-refractivity contribution in [2.75, 3.05) is 6.54 Å². The number of rotatable bonds is 3. The van der Waals surface area contributed by atoms with Gasteiger partial charge in [0.15, 0.2) is 0 Å². The first-order chi connectivity index (χ1) is 8.51. The molecule has 2 heteroatoms. The highest BCUT2D eigenvalue weighted by atomic mass is 16.3. The summed E-state index contributed by atoms with van der Waals surface area (Å²) >= 11 is 0. The molecule has 1 aromatic rings. The third kappa shape index (κ3) is 2.82.